The Bertz CT molecular complexity index is 463. The van der Waals surface area contributed by atoms with E-state index in [-0.39, 0.29) is 11.6 Å². The lowest BCUT2D eigenvalue weighted by Crippen LogP contribution is -2.30. The summed E-state index contributed by atoms with van der Waals surface area (Å²) in [6, 6.07) is 1.00. The lowest BCUT2D eigenvalue weighted by molar-refractivity contribution is 0.0696. The first-order valence-corrected chi connectivity index (χ1v) is 6.37. The van der Waals surface area contributed by atoms with Crippen LogP contribution in [0, 0.1) is 0 Å². The molecule has 0 unspecified atom stereocenters. The number of carbonyl (C=O) groups excluding carboxylic acids is 1. The second-order valence-electron chi connectivity index (χ2n) is 4.66. The van der Waals surface area contributed by atoms with E-state index in [1.54, 1.807) is 0 Å². The number of carbonyl (C=O) groups is 2. The van der Waals surface area contributed by atoms with Gasteiger partial charge >= 0.3 is 12.0 Å². The van der Waals surface area contributed by atoms with Crippen LogP contribution in [0.15, 0.2) is 18.5 Å². The molecule has 0 fully saturated rings. The number of carboxylic acids is 1. The van der Waals surface area contributed by atoms with Crippen LogP contribution in [-0.4, -0.2) is 54.2 Å². The number of aromatic carboxylic acids is 1. The second-order valence-corrected chi connectivity index (χ2v) is 4.66. The predicted molar refractivity (Wildman–Crippen MR) is 76.0 cm³/mol. The Labute approximate surface area is 118 Å². The lowest BCUT2D eigenvalue weighted by Gasteiger charge is -2.10. The molecule has 2 amide bonds. The normalized spacial score (nSPS) is 10.3. The summed E-state index contributed by atoms with van der Waals surface area (Å²) in [7, 11) is 4.01. The van der Waals surface area contributed by atoms with E-state index >= 15 is 0 Å². The van der Waals surface area contributed by atoms with E-state index in [9.17, 15) is 9.59 Å². The summed E-state index contributed by atoms with van der Waals surface area (Å²) in [5.41, 5.74) is 0.393. The molecule has 0 saturated carbocycles. The molecule has 0 saturated heterocycles. The molecule has 0 bridgehead atoms. The number of nitrogens with zero attached hydrogens (tertiary/aromatic N) is 2. The van der Waals surface area contributed by atoms with Gasteiger partial charge in [0.05, 0.1) is 17.4 Å². The smallest absolute Gasteiger partial charge is 0.337 e. The zero-order valence-electron chi connectivity index (χ0n) is 11.7. The molecule has 110 valence electrons. The topological polar surface area (TPSA) is 94.6 Å². The molecular weight excluding hydrogens is 260 g/mol. The highest BCUT2D eigenvalue weighted by Crippen LogP contribution is 2.07. The van der Waals surface area contributed by atoms with Crippen molar-refractivity contribution in [1.29, 1.82) is 0 Å². The van der Waals surface area contributed by atoms with Gasteiger partial charge in [0.2, 0.25) is 0 Å². The van der Waals surface area contributed by atoms with E-state index in [1.165, 1.54) is 18.5 Å². The van der Waals surface area contributed by atoms with E-state index in [2.05, 4.69) is 20.5 Å². The van der Waals surface area contributed by atoms with Crippen LogP contribution in [0.4, 0.5) is 10.5 Å². The number of pyridine rings is 1. The molecule has 1 rings (SSSR count). The monoisotopic (exact) mass is 280 g/mol. The standard InChI is InChI=1S/C13H20N4O3/c1-17(2)6-4-3-5-15-13(20)16-11-7-10(12(18)19)8-14-9-11/h7-9H,3-6H2,1-2H3,(H,18,19)(H2,15,16,20). The summed E-state index contributed by atoms with van der Waals surface area (Å²) in [4.78, 5) is 28.2. The number of hydrogen-bond donors (Lipinski definition) is 3. The maximum absolute atomic E-state index is 11.6. The van der Waals surface area contributed by atoms with Gasteiger partial charge in [0.1, 0.15) is 0 Å². The van der Waals surface area contributed by atoms with Crippen LogP contribution in [0.25, 0.3) is 0 Å². The number of nitrogens with one attached hydrogen (secondary N) is 2. The summed E-state index contributed by atoms with van der Waals surface area (Å²) in [5.74, 6) is -1.08. The van der Waals surface area contributed by atoms with E-state index in [0.29, 0.717) is 12.2 Å². The SMILES string of the molecule is CN(C)CCCCNC(=O)Nc1cncc(C(=O)O)c1. The van der Waals surface area contributed by atoms with Gasteiger partial charge in [0, 0.05) is 12.7 Å². The van der Waals surface area contributed by atoms with Gasteiger partial charge in [-0.25, -0.2) is 9.59 Å². The van der Waals surface area contributed by atoms with E-state index in [4.69, 9.17) is 5.11 Å². The molecule has 1 aromatic heterocycles. The minimum atomic E-state index is -1.08. The first-order chi connectivity index (χ1) is 9.49. The lowest BCUT2D eigenvalue weighted by atomic mass is 10.2. The van der Waals surface area contributed by atoms with Crippen LogP contribution in [-0.2, 0) is 0 Å². The number of rotatable bonds is 7. The van der Waals surface area contributed by atoms with Gasteiger partial charge < -0.3 is 20.6 Å². The van der Waals surface area contributed by atoms with Crippen molar-refractivity contribution in [1.82, 2.24) is 15.2 Å². The van der Waals surface area contributed by atoms with Crippen LogP contribution < -0.4 is 10.6 Å². The summed E-state index contributed by atoms with van der Waals surface area (Å²) in [5, 5.41) is 14.1. The van der Waals surface area contributed by atoms with Gasteiger partial charge in [-0.3, -0.25) is 4.98 Å². The molecule has 0 aliphatic carbocycles. The zero-order chi connectivity index (χ0) is 15.0. The summed E-state index contributed by atoms with van der Waals surface area (Å²) in [6.45, 7) is 1.56. The fourth-order valence-electron chi connectivity index (χ4n) is 1.56. The average molecular weight is 280 g/mol. The molecule has 0 aliphatic heterocycles. The van der Waals surface area contributed by atoms with Crippen molar-refractivity contribution >= 4 is 17.7 Å². The summed E-state index contributed by atoms with van der Waals surface area (Å²) < 4.78 is 0. The van der Waals surface area contributed by atoms with Gasteiger partial charge in [-0.1, -0.05) is 0 Å². The molecular formula is C13H20N4O3. The first kappa shape index (κ1) is 15.9. The molecule has 1 heterocycles. The minimum absolute atomic E-state index is 0.0359. The fourth-order valence-corrected chi connectivity index (χ4v) is 1.56. The van der Waals surface area contributed by atoms with Gasteiger partial charge in [0.25, 0.3) is 0 Å². The molecule has 0 radical (unpaired) electrons. The highest BCUT2D eigenvalue weighted by Gasteiger charge is 2.06. The highest BCUT2D eigenvalue weighted by molar-refractivity contribution is 5.92. The van der Waals surface area contributed by atoms with E-state index in [1.807, 2.05) is 14.1 Å². The summed E-state index contributed by atoms with van der Waals surface area (Å²) >= 11 is 0. The number of aromatic nitrogens is 1. The zero-order valence-corrected chi connectivity index (χ0v) is 11.7. The molecule has 3 N–H and O–H groups in total. The Balaban J connectivity index is 2.32. The third kappa shape index (κ3) is 6.14. The average Bonchev–Trinajstić information content (AvgIpc) is 2.38. The number of carboxylic acid groups (broad SMARTS) is 1. The largest absolute Gasteiger partial charge is 0.478 e. The Morgan fingerprint density at radius 3 is 2.70 bits per heavy atom. The minimum Gasteiger partial charge on any atom is -0.478 e. The Morgan fingerprint density at radius 1 is 1.30 bits per heavy atom. The molecule has 0 spiro atoms. The molecule has 1 aromatic rings. The Hall–Kier alpha value is -2.15. The van der Waals surface area contributed by atoms with Gasteiger partial charge in [0.15, 0.2) is 0 Å². The Morgan fingerprint density at radius 2 is 2.05 bits per heavy atom. The third-order valence-electron chi connectivity index (χ3n) is 2.56. The number of hydrogen-bond acceptors (Lipinski definition) is 4. The number of urea groups is 1. The molecule has 0 aromatic carbocycles. The maximum Gasteiger partial charge on any atom is 0.337 e. The number of anilines is 1. The Kier molecular flexibility index (Phi) is 6.45. The van der Waals surface area contributed by atoms with Gasteiger partial charge in [-0.05, 0) is 39.5 Å². The first-order valence-electron chi connectivity index (χ1n) is 6.37. The van der Waals surface area contributed by atoms with E-state index in [0.717, 1.165) is 19.4 Å². The molecule has 7 nitrogen and oxygen atoms in total. The molecule has 0 atom stereocenters. The van der Waals surface area contributed by atoms with Crippen molar-refractivity contribution in [3.8, 4) is 0 Å². The molecule has 0 aliphatic rings. The van der Waals surface area contributed by atoms with Crippen LogP contribution in [0.5, 0.6) is 0 Å². The fraction of sp³-hybridized carbons (Fsp3) is 0.462. The van der Waals surface area contributed by atoms with Crippen molar-refractivity contribution in [2.24, 2.45) is 0 Å². The maximum atomic E-state index is 11.6. The van der Waals surface area contributed by atoms with Gasteiger partial charge in [-0.2, -0.15) is 0 Å². The van der Waals surface area contributed by atoms with Crippen LogP contribution >= 0.6 is 0 Å². The van der Waals surface area contributed by atoms with Crippen LogP contribution in [0.3, 0.4) is 0 Å². The highest BCUT2D eigenvalue weighted by atomic mass is 16.4. The second kappa shape index (κ2) is 8.11. The van der Waals surface area contributed by atoms with Crippen molar-refractivity contribution in [2.45, 2.75) is 12.8 Å². The quantitative estimate of drug-likeness (QED) is 0.653. The molecule has 7 heteroatoms. The number of amides is 2. The van der Waals surface area contributed by atoms with E-state index < -0.39 is 5.97 Å². The molecule has 20 heavy (non-hydrogen) atoms. The van der Waals surface area contributed by atoms with Crippen molar-refractivity contribution in [3.05, 3.63) is 24.0 Å². The van der Waals surface area contributed by atoms with Crippen LogP contribution in [0.2, 0.25) is 0 Å². The van der Waals surface area contributed by atoms with Crippen molar-refractivity contribution in [3.63, 3.8) is 0 Å². The van der Waals surface area contributed by atoms with Crippen LogP contribution in [0.1, 0.15) is 23.2 Å². The number of unbranched alkanes of at least 4 members (excludes halogenated alkanes) is 1. The van der Waals surface area contributed by atoms with Gasteiger partial charge in [-0.15, -0.1) is 0 Å². The van der Waals surface area contributed by atoms with Crippen molar-refractivity contribution in [2.75, 3.05) is 32.5 Å². The predicted octanol–water partition coefficient (Wildman–Crippen LogP) is 1.24. The summed E-state index contributed by atoms with van der Waals surface area (Å²) in [6.07, 6.45) is 4.52. The van der Waals surface area contributed by atoms with Crippen molar-refractivity contribution < 1.29 is 14.7 Å². The third-order valence-corrected chi connectivity index (χ3v) is 2.56.